The van der Waals surface area contributed by atoms with Gasteiger partial charge in [0, 0.05) is 16.8 Å². The van der Waals surface area contributed by atoms with Gasteiger partial charge in [-0.2, -0.15) is 0 Å². The third-order valence-electron chi connectivity index (χ3n) is 1.39. The molecule has 1 N–H and O–H groups in total. The van der Waals surface area contributed by atoms with Crippen LogP contribution in [0.2, 0.25) is 5.28 Å². The molecule has 0 saturated heterocycles. The molecule has 0 amide bonds. The molecular formula is C8H9Cl2N3. The largest absolute Gasteiger partial charge is 0.365 e. The molecule has 0 atom stereocenters. The lowest BCUT2D eigenvalue weighted by Crippen LogP contribution is -2.05. The Kier molecular flexibility index (Phi) is 3.51. The molecule has 1 aromatic heterocycles. The van der Waals surface area contributed by atoms with E-state index in [0.29, 0.717) is 17.4 Å². The summed E-state index contributed by atoms with van der Waals surface area (Å²) >= 11 is 11.2. The van der Waals surface area contributed by atoms with Crippen LogP contribution in [-0.2, 0) is 0 Å². The van der Waals surface area contributed by atoms with Crippen LogP contribution in [0.3, 0.4) is 0 Å². The van der Waals surface area contributed by atoms with E-state index >= 15 is 0 Å². The molecule has 0 aliphatic rings. The molecule has 1 aromatic rings. The molecule has 5 heteroatoms. The quantitative estimate of drug-likeness (QED) is 0.792. The predicted molar refractivity (Wildman–Crippen MR) is 55.3 cm³/mol. The van der Waals surface area contributed by atoms with E-state index in [-0.39, 0.29) is 5.28 Å². The number of aromatic nitrogens is 2. The average molecular weight is 218 g/mol. The zero-order chi connectivity index (χ0) is 9.84. The van der Waals surface area contributed by atoms with Crippen molar-refractivity contribution in [3.63, 3.8) is 0 Å². The van der Waals surface area contributed by atoms with Crippen LogP contribution >= 0.6 is 23.2 Å². The lowest BCUT2D eigenvalue weighted by atomic mass is 10.3. The highest BCUT2D eigenvalue weighted by Gasteiger charge is 2.01. The number of nitrogens with zero attached hydrogens (tertiary/aromatic N) is 2. The molecule has 0 radical (unpaired) electrons. The molecule has 3 nitrogen and oxygen atoms in total. The fraction of sp³-hybridized carbons (Fsp3) is 0.250. The first kappa shape index (κ1) is 10.3. The predicted octanol–water partition coefficient (Wildman–Crippen LogP) is 2.60. The lowest BCUT2D eigenvalue weighted by molar-refractivity contribution is 1.10. The monoisotopic (exact) mass is 217 g/mol. The molecular weight excluding hydrogens is 209 g/mol. The molecule has 13 heavy (non-hydrogen) atoms. The molecule has 0 fully saturated rings. The summed E-state index contributed by atoms with van der Waals surface area (Å²) in [6.45, 7) is 5.90. The van der Waals surface area contributed by atoms with Crippen molar-refractivity contribution in [2.75, 3.05) is 11.9 Å². The van der Waals surface area contributed by atoms with Crippen molar-refractivity contribution in [1.82, 2.24) is 9.97 Å². The summed E-state index contributed by atoms with van der Waals surface area (Å²) in [4.78, 5) is 7.81. The van der Waals surface area contributed by atoms with Gasteiger partial charge in [-0.25, -0.2) is 9.97 Å². The van der Waals surface area contributed by atoms with Gasteiger partial charge in [-0.15, -0.1) is 0 Å². The van der Waals surface area contributed by atoms with Crippen LogP contribution in [0.25, 0.3) is 0 Å². The first-order chi connectivity index (χ1) is 6.09. The molecule has 0 unspecified atom stereocenters. The summed E-state index contributed by atoms with van der Waals surface area (Å²) in [6, 6.07) is 0. The number of aryl methyl sites for hydroxylation is 1. The van der Waals surface area contributed by atoms with Crippen molar-refractivity contribution in [3.05, 3.63) is 28.7 Å². The third-order valence-corrected chi connectivity index (χ3v) is 1.71. The highest BCUT2D eigenvalue weighted by Crippen LogP contribution is 2.13. The maximum atomic E-state index is 5.61. The number of hydrogen-bond donors (Lipinski definition) is 1. The maximum absolute atomic E-state index is 5.61. The van der Waals surface area contributed by atoms with Gasteiger partial charge in [-0.3, -0.25) is 0 Å². The molecule has 0 aromatic carbocycles. The van der Waals surface area contributed by atoms with E-state index in [0.717, 1.165) is 5.56 Å². The minimum absolute atomic E-state index is 0.216. The fourth-order valence-electron chi connectivity index (χ4n) is 0.779. The molecule has 70 valence electrons. The standard InChI is InChI=1S/C8H9Cl2N3/c1-5-3-12-8(10)13-7(5)11-4-6(2)9/h3H,2,4H2,1H3,(H,11,12,13). The van der Waals surface area contributed by atoms with Crippen LogP contribution in [0.5, 0.6) is 0 Å². The summed E-state index contributed by atoms with van der Waals surface area (Å²) in [5, 5.41) is 3.72. The summed E-state index contributed by atoms with van der Waals surface area (Å²) < 4.78 is 0. The van der Waals surface area contributed by atoms with E-state index in [2.05, 4.69) is 21.9 Å². The van der Waals surface area contributed by atoms with E-state index in [4.69, 9.17) is 23.2 Å². The third kappa shape index (κ3) is 3.20. The Morgan fingerprint density at radius 2 is 2.38 bits per heavy atom. The van der Waals surface area contributed by atoms with E-state index in [1.165, 1.54) is 0 Å². The molecule has 0 aliphatic heterocycles. The van der Waals surface area contributed by atoms with Crippen molar-refractivity contribution in [3.8, 4) is 0 Å². The molecule has 0 spiro atoms. The van der Waals surface area contributed by atoms with E-state index < -0.39 is 0 Å². The van der Waals surface area contributed by atoms with Gasteiger partial charge in [-0.05, 0) is 18.5 Å². The van der Waals surface area contributed by atoms with Gasteiger partial charge in [-0.1, -0.05) is 18.2 Å². The van der Waals surface area contributed by atoms with Crippen molar-refractivity contribution >= 4 is 29.0 Å². The van der Waals surface area contributed by atoms with E-state index in [1.54, 1.807) is 6.20 Å². The Bertz CT molecular complexity index is 325. The maximum Gasteiger partial charge on any atom is 0.224 e. The first-order valence-corrected chi connectivity index (χ1v) is 4.41. The second kappa shape index (κ2) is 4.44. The molecule has 0 bridgehead atoms. The van der Waals surface area contributed by atoms with E-state index in [9.17, 15) is 0 Å². The second-order valence-corrected chi connectivity index (χ2v) is 3.41. The van der Waals surface area contributed by atoms with Gasteiger partial charge in [0.05, 0.1) is 6.54 Å². The minimum atomic E-state index is 0.216. The van der Waals surface area contributed by atoms with Crippen LogP contribution in [0.15, 0.2) is 17.8 Å². The van der Waals surface area contributed by atoms with Gasteiger partial charge in [0.1, 0.15) is 5.82 Å². The normalized spacial score (nSPS) is 9.77. The Hall–Kier alpha value is -0.800. The number of nitrogens with one attached hydrogen (secondary N) is 1. The number of rotatable bonds is 3. The zero-order valence-corrected chi connectivity index (χ0v) is 8.65. The van der Waals surface area contributed by atoms with Crippen molar-refractivity contribution in [2.24, 2.45) is 0 Å². The Labute approximate surface area is 86.8 Å². The van der Waals surface area contributed by atoms with Gasteiger partial charge in [0.25, 0.3) is 0 Å². The molecule has 0 saturated carbocycles. The van der Waals surface area contributed by atoms with Gasteiger partial charge >= 0.3 is 0 Å². The molecule has 0 aliphatic carbocycles. The van der Waals surface area contributed by atoms with Gasteiger partial charge in [0.15, 0.2) is 0 Å². The van der Waals surface area contributed by atoms with Crippen LogP contribution in [-0.4, -0.2) is 16.5 Å². The minimum Gasteiger partial charge on any atom is -0.365 e. The number of anilines is 1. The summed E-state index contributed by atoms with van der Waals surface area (Å²) in [7, 11) is 0. The smallest absolute Gasteiger partial charge is 0.224 e. The van der Waals surface area contributed by atoms with Crippen molar-refractivity contribution in [2.45, 2.75) is 6.92 Å². The summed E-state index contributed by atoms with van der Waals surface area (Å²) in [6.07, 6.45) is 1.65. The Balaban J connectivity index is 2.75. The van der Waals surface area contributed by atoms with Crippen molar-refractivity contribution < 1.29 is 0 Å². The Morgan fingerprint density at radius 3 is 3.00 bits per heavy atom. The van der Waals surface area contributed by atoms with Gasteiger partial charge in [0.2, 0.25) is 5.28 Å². The van der Waals surface area contributed by atoms with E-state index in [1.807, 2.05) is 6.92 Å². The van der Waals surface area contributed by atoms with Crippen molar-refractivity contribution in [1.29, 1.82) is 0 Å². The first-order valence-electron chi connectivity index (χ1n) is 3.66. The Morgan fingerprint density at radius 1 is 1.69 bits per heavy atom. The van der Waals surface area contributed by atoms with Gasteiger partial charge < -0.3 is 5.32 Å². The van der Waals surface area contributed by atoms with Crippen LogP contribution < -0.4 is 5.32 Å². The van der Waals surface area contributed by atoms with Crippen LogP contribution in [0, 0.1) is 6.92 Å². The lowest BCUT2D eigenvalue weighted by Gasteiger charge is -2.06. The van der Waals surface area contributed by atoms with Crippen LogP contribution in [0.1, 0.15) is 5.56 Å². The average Bonchev–Trinajstić information content (AvgIpc) is 2.06. The highest BCUT2D eigenvalue weighted by molar-refractivity contribution is 6.29. The SMILES string of the molecule is C=C(Cl)CNc1nc(Cl)ncc1C. The van der Waals surface area contributed by atoms with Crippen LogP contribution in [0.4, 0.5) is 5.82 Å². The fourth-order valence-corrected chi connectivity index (χ4v) is 0.979. The molecule has 1 heterocycles. The number of halogens is 2. The highest BCUT2D eigenvalue weighted by atomic mass is 35.5. The number of hydrogen-bond acceptors (Lipinski definition) is 3. The summed E-state index contributed by atoms with van der Waals surface area (Å²) in [5.74, 6) is 0.682. The zero-order valence-electron chi connectivity index (χ0n) is 7.14. The summed E-state index contributed by atoms with van der Waals surface area (Å²) in [5.41, 5.74) is 0.919. The topological polar surface area (TPSA) is 37.8 Å². The second-order valence-electron chi connectivity index (χ2n) is 2.54. The molecule has 1 rings (SSSR count).